The van der Waals surface area contributed by atoms with Gasteiger partial charge in [0.25, 0.3) is 0 Å². The molecule has 0 atom stereocenters. The zero-order valence-corrected chi connectivity index (χ0v) is 58.5. The van der Waals surface area contributed by atoms with Gasteiger partial charge in [-0.15, -0.1) is 45.3 Å². The summed E-state index contributed by atoms with van der Waals surface area (Å²) in [7, 11) is 0. The van der Waals surface area contributed by atoms with Gasteiger partial charge in [0.15, 0.2) is 0 Å². The lowest BCUT2D eigenvalue weighted by atomic mass is 10.0. The van der Waals surface area contributed by atoms with Crippen LogP contribution in [-0.4, -0.2) is 0 Å². The minimum Gasteiger partial charge on any atom is -0.310 e. The average molecular weight is 1380 g/mol. The van der Waals surface area contributed by atoms with Crippen molar-refractivity contribution in [1.82, 2.24) is 0 Å². The highest BCUT2D eigenvalue weighted by Crippen LogP contribution is 2.52. The molecule has 0 saturated carbocycles. The van der Waals surface area contributed by atoms with Gasteiger partial charge in [-0.1, -0.05) is 218 Å². The Balaban J connectivity index is 0.000000141. The third kappa shape index (κ3) is 11.0. The quantitative estimate of drug-likeness (QED) is 0.114. The molecule has 0 amide bonds. The van der Waals surface area contributed by atoms with Crippen LogP contribution >= 0.6 is 45.3 Å². The SMILES string of the molecule is c1ccc(-c2ccc(N(c3ccc4c(c3)sc3cccc(N(c5ccccc5)c5ccccc5)c34)c3ccc4sc5ccccc5c4c3)cc2)cc1.c1ccc(N(c2ccc3c(c2)sc2cccc(N(c4ccccc4)c4ccccc4)c23)c2cc3sc4ccccc4c3c3ccccc23)cc1. The van der Waals surface area contributed by atoms with Crippen molar-refractivity contribution in [2.45, 2.75) is 0 Å². The van der Waals surface area contributed by atoms with Crippen LogP contribution in [0, 0.1) is 0 Å². The van der Waals surface area contributed by atoms with E-state index in [1.807, 2.05) is 45.3 Å². The molecule has 0 saturated heterocycles. The second-order valence-electron chi connectivity index (χ2n) is 25.5. The number of hydrogen-bond acceptors (Lipinski definition) is 8. The molecule has 0 aliphatic heterocycles. The maximum Gasteiger partial charge on any atom is 0.0554 e. The van der Waals surface area contributed by atoms with Crippen molar-refractivity contribution in [3.8, 4) is 11.1 Å². The molecule has 482 valence electrons. The number of nitrogens with zero attached hydrogens (tertiary/aromatic N) is 4. The van der Waals surface area contributed by atoms with Crippen molar-refractivity contribution in [1.29, 1.82) is 0 Å². The molecule has 16 aromatic carbocycles. The zero-order chi connectivity index (χ0) is 67.5. The van der Waals surface area contributed by atoms with Crippen molar-refractivity contribution in [3.05, 3.63) is 376 Å². The van der Waals surface area contributed by atoms with Crippen molar-refractivity contribution in [2.75, 3.05) is 19.6 Å². The molecule has 4 nitrogen and oxygen atoms in total. The Hall–Kier alpha value is -12.1. The molecule has 8 heteroatoms. The Kier molecular flexibility index (Phi) is 15.7. The van der Waals surface area contributed by atoms with Crippen molar-refractivity contribution in [3.63, 3.8) is 0 Å². The Bertz CT molecular complexity index is 6370. The number of para-hydroxylation sites is 5. The van der Waals surface area contributed by atoms with E-state index in [0.717, 1.165) is 51.2 Å². The van der Waals surface area contributed by atoms with Crippen LogP contribution in [0.4, 0.5) is 68.2 Å². The number of benzene rings is 16. The molecule has 0 unspecified atom stereocenters. The Morgan fingerprint density at radius 2 is 0.480 bits per heavy atom. The van der Waals surface area contributed by atoms with E-state index in [9.17, 15) is 0 Å². The summed E-state index contributed by atoms with van der Waals surface area (Å²) in [5.74, 6) is 0. The summed E-state index contributed by atoms with van der Waals surface area (Å²) in [5.41, 5.74) is 16.2. The molecule has 4 aromatic heterocycles. The van der Waals surface area contributed by atoms with Crippen LogP contribution in [0.5, 0.6) is 0 Å². The molecular weight excluding hydrogens is 1310 g/mol. The first-order valence-corrected chi connectivity index (χ1v) is 37.6. The lowest BCUT2D eigenvalue weighted by molar-refractivity contribution is 1.30. The largest absolute Gasteiger partial charge is 0.310 e. The fourth-order valence-electron chi connectivity index (χ4n) is 14.9. The first-order valence-electron chi connectivity index (χ1n) is 34.4. The first-order chi connectivity index (χ1) is 50.6. The van der Waals surface area contributed by atoms with Crippen LogP contribution < -0.4 is 19.6 Å². The summed E-state index contributed by atoms with van der Waals surface area (Å²) in [6.45, 7) is 0. The van der Waals surface area contributed by atoms with Crippen molar-refractivity contribution >= 4 is 205 Å². The van der Waals surface area contributed by atoms with Gasteiger partial charge in [0.05, 0.1) is 17.1 Å². The van der Waals surface area contributed by atoms with Crippen LogP contribution in [0.3, 0.4) is 0 Å². The molecule has 0 aliphatic rings. The Labute approximate surface area is 607 Å². The number of fused-ring (bicyclic) bond motifs is 14. The maximum absolute atomic E-state index is 2.44. The standard InChI is InChI=1S/C48H32N2S2.C46H30N2S2/c1-4-13-33(14-5-1)34-23-25-37(26-24-34)49(38-28-30-45-42(31-38)40-19-10-11-21-44(40)51-45)39-27-29-41-47(32-39)52-46-22-12-20-43(48(41)46)50(35-15-6-2-7-16-35)36-17-8-3-9-18-36;1-4-15-31(16-5-1)47(32-17-6-2-7-18-32)39-24-14-26-42-46(39)38-28-27-34(29-43(38)50-42)48(33-19-8-3-9-20-33)40-30-44-45(36-22-11-10-21-35(36)40)37-23-12-13-25-41(37)49-44/h1-32H;1-30H. The van der Waals surface area contributed by atoms with E-state index in [4.69, 9.17) is 0 Å². The van der Waals surface area contributed by atoms with Gasteiger partial charge in [-0.05, 0) is 174 Å². The van der Waals surface area contributed by atoms with E-state index in [-0.39, 0.29) is 0 Å². The fraction of sp³-hybridized carbons (Fsp3) is 0. The van der Waals surface area contributed by atoms with Gasteiger partial charge in [0.2, 0.25) is 0 Å². The highest BCUT2D eigenvalue weighted by molar-refractivity contribution is 7.27. The predicted octanol–water partition coefficient (Wildman–Crippen LogP) is 29.5. The highest BCUT2D eigenvalue weighted by Gasteiger charge is 2.25. The van der Waals surface area contributed by atoms with Gasteiger partial charge in [-0.2, -0.15) is 0 Å². The van der Waals surface area contributed by atoms with Gasteiger partial charge in [-0.3, -0.25) is 0 Å². The molecule has 0 radical (unpaired) electrons. The summed E-state index contributed by atoms with van der Waals surface area (Å²) >= 11 is 7.46. The number of rotatable bonds is 13. The van der Waals surface area contributed by atoms with Gasteiger partial charge in [0.1, 0.15) is 0 Å². The molecule has 0 N–H and O–H groups in total. The number of thiophene rings is 4. The molecule has 0 aliphatic carbocycles. The van der Waals surface area contributed by atoms with Gasteiger partial charge >= 0.3 is 0 Å². The van der Waals surface area contributed by atoms with E-state index in [1.54, 1.807) is 0 Å². The van der Waals surface area contributed by atoms with Crippen molar-refractivity contribution < 1.29 is 0 Å². The number of anilines is 12. The molecule has 0 bridgehead atoms. The zero-order valence-electron chi connectivity index (χ0n) is 55.2. The van der Waals surface area contributed by atoms with E-state index < -0.39 is 0 Å². The average Bonchev–Trinajstić information content (AvgIpc) is 1.55. The number of hydrogen-bond donors (Lipinski definition) is 0. The molecule has 102 heavy (non-hydrogen) atoms. The fourth-order valence-corrected chi connectivity index (χ4v) is 19.5. The topological polar surface area (TPSA) is 13.0 Å². The van der Waals surface area contributed by atoms with E-state index in [2.05, 4.69) is 396 Å². The second-order valence-corrected chi connectivity index (χ2v) is 29.8. The smallest absolute Gasteiger partial charge is 0.0554 e. The normalized spacial score (nSPS) is 11.5. The van der Waals surface area contributed by atoms with Gasteiger partial charge in [0, 0.05) is 137 Å². The van der Waals surface area contributed by atoms with Crippen molar-refractivity contribution in [2.24, 2.45) is 0 Å². The summed E-state index contributed by atoms with van der Waals surface area (Å²) < 4.78 is 10.3. The van der Waals surface area contributed by atoms with E-state index in [1.165, 1.54) is 120 Å². The first kappa shape index (κ1) is 61.0. The van der Waals surface area contributed by atoms with Crippen LogP contribution in [0.15, 0.2) is 376 Å². The van der Waals surface area contributed by atoms with Crippen LogP contribution in [0.2, 0.25) is 0 Å². The molecule has 20 rings (SSSR count). The summed E-state index contributed by atoms with van der Waals surface area (Å²) in [5, 5.41) is 12.9. The van der Waals surface area contributed by atoms with Crippen LogP contribution in [0.25, 0.3) is 103 Å². The Morgan fingerprint density at radius 1 is 0.147 bits per heavy atom. The highest BCUT2D eigenvalue weighted by atomic mass is 32.1. The summed E-state index contributed by atoms with van der Waals surface area (Å²) in [6, 6.07) is 136. The third-order valence-electron chi connectivity index (χ3n) is 19.4. The minimum atomic E-state index is 1.12. The minimum absolute atomic E-state index is 1.12. The monoisotopic (exact) mass is 1370 g/mol. The summed E-state index contributed by atoms with van der Waals surface area (Å²) in [6.07, 6.45) is 0. The molecular formula is C94H62N4S4. The Morgan fingerprint density at radius 3 is 1.00 bits per heavy atom. The second kappa shape index (κ2) is 26.2. The van der Waals surface area contributed by atoms with E-state index in [0.29, 0.717) is 0 Å². The van der Waals surface area contributed by atoms with Crippen LogP contribution in [-0.2, 0) is 0 Å². The van der Waals surface area contributed by atoms with Gasteiger partial charge < -0.3 is 19.6 Å². The molecule has 20 aromatic rings. The maximum atomic E-state index is 2.44. The third-order valence-corrected chi connectivity index (χ3v) is 23.9. The van der Waals surface area contributed by atoms with E-state index >= 15 is 0 Å². The lowest BCUT2D eigenvalue weighted by Gasteiger charge is -2.27. The lowest BCUT2D eigenvalue weighted by Crippen LogP contribution is -2.10. The molecule has 0 spiro atoms. The van der Waals surface area contributed by atoms with Gasteiger partial charge in [-0.25, -0.2) is 0 Å². The summed E-state index contributed by atoms with van der Waals surface area (Å²) in [4.78, 5) is 9.61. The molecule has 4 heterocycles. The molecule has 0 fully saturated rings. The predicted molar refractivity (Wildman–Crippen MR) is 446 cm³/mol. The van der Waals surface area contributed by atoms with Crippen LogP contribution in [0.1, 0.15) is 0 Å².